The molecule has 0 aliphatic heterocycles. The molecule has 0 fully saturated rings. The Morgan fingerprint density at radius 2 is 2.12 bits per heavy atom. The number of carbonyl (C=O) groups is 1. The SMILES string of the molecule is CN(CCN)C(=O)Cc1ccccc1[N+](=O)[O-]. The van der Waals surface area contributed by atoms with E-state index in [0.717, 1.165) is 0 Å². The van der Waals surface area contributed by atoms with E-state index in [1.54, 1.807) is 25.2 Å². The minimum atomic E-state index is -0.481. The fourth-order valence-electron chi connectivity index (χ4n) is 1.45. The van der Waals surface area contributed by atoms with Crippen LogP contribution in [0.15, 0.2) is 24.3 Å². The van der Waals surface area contributed by atoms with Gasteiger partial charge in [-0.3, -0.25) is 14.9 Å². The van der Waals surface area contributed by atoms with Crippen LogP contribution in [0.3, 0.4) is 0 Å². The van der Waals surface area contributed by atoms with Crippen molar-refractivity contribution >= 4 is 11.6 Å². The number of likely N-dealkylation sites (N-methyl/N-ethyl adjacent to an activating group) is 1. The second-order valence-electron chi connectivity index (χ2n) is 3.67. The molecular weight excluding hydrogens is 222 g/mol. The van der Waals surface area contributed by atoms with Gasteiger partial charge >= 0.3 is 0 Å². The van der Waals surface area contributed by atoms with Crippen LogP contribution in [-0.2, 0) is 11.2 Å². The van der Waals surface area contributed by atoms with E-state index in [1.807, 2.05) is 0 Å². The third kappa shape index (κ3) is 3.53. The number of nitro groups is 1. The topological polar surface area (TPSA) is 89.5 Å². The van der Waals surface area contributed by atoms with Crippen molar-refractivity contribution in [1.82, 2.24) is 4.90 Å². The maximum atomic E-state index is 11.7. The second-order valence-corrected chi connectivity index (χ2v) is 3.67. The summed E-state index contributed by atoms with van der Waals surface area (Å²) < 4.78 is 0. The first-order chi connectivity index (χ1) is 8.06. The minimum absolute atomic E-state index is 0.0215. The molecule has 0 spiro atoms. The molecule has 1 amide bonds. The summed E-state index contributed by atoms with van der Waals surface area (Å²) in [5.74, 6) is -0.176. The van der Waals surface area contributed by atoms with Crippen molar-refractivity contribution in [3.05, 3.63) is 39.9 Å². The lowest BCUT2D eigenvalue weighted by molar-refractivity contribution is -0.385. The van der Waals surface area contributed by atoms with E-state index in [0.29, 0.717) is 18.7 Å². The fourth-order valence-corrected chi connectivity index (χ4v) is 1.45. The summed E-state index contributed by atoms with van der Waals surface area (Å²) in [7, 11) is 1.63. The van der Waals surface area contributed by atoms with Gasteiger partial charge in [0.15, 0.2) is 0 Å². The highest BCUT2D eigenvalue weighted by Gasteiger charge is 2.17. The molecule has 0 heterocycles. The molecule has 0 atom stereocenters. The van der Waals surface area contributed by atoms with Crippen LogP contribution < -0.4 is 5.73 Å². The number of rotatable bonds is 5. The van der Waals surface area contributed by atoms with Crippen molar-refractivity contribution in [3.8, 4) is 0 Å². The van der Waals surface area contributed by atoms with E-state index in [1.165, 1.54) is 11.0 Å². The molecule has 1 rings (SSSR count). The van der Waals surface area contributed by atoms with Crippen LogP contribution in [0.4, 0.5) is 5.69 Å². The highest BCUT2D eigenvalue weighted by atomic mass is 16.6. The normalized spacial score (nSPS) is 10.0. The predicted molar refractivity (Wildman–Crippen MR) is 63.5 cm³/mol. The molecule has 0 bridgehead atoms. The van der Waals surface area contributed by atoms with E-state index >= 15 is 0 Å². The standard InChI is InChI=1S/C11H15N3O3/c1-13(7-6-12)11(15)8-9-4-2-3-5-10(9)14(16)17/h2-5H,6-8,12H2,1H3. The lowest BCUT2D eigenvalue weighted by atomic mass is 10.1. The zero-order chi connectivity index (χ0) is 12.8. The van der Waals surface area contributed by atoms with Gasteiger partial charge in [0.05, 0.1) is 11.3 Å². The van der Waals surface area contributed by atoms with Gasteiger partial charge in [0.25, 0.3) is 5.69 Å². The predicted octanol–water partition coefficient (Wildman–Crippen LogP) is 0.554. The summed E-state index contributed by atoms with van der Waals surface area (Å²) >= 11 is 0. The Bertz CT molecular complexity index is 420. The average Bonchev–Trinajstić information content (AvgIpc) is 2.29. The number of nitro benzene ring substituents is 1. The molecule has 2 N–H and O–H groups in total. The third-order valence-electron chi connectivity index (χ3n) is 2.42. The first kappa shape index (κ1) is 13.1. The molecule has 0 radical (unpaired) electrons. The largest absolute Gasteiger partial charge is 0.344 e. The average molecular weight is 237 g/mol. The lowest BCUT2D eigenvalue weighted by Gasteiger charge is -2.15. The van der Waals surface area contributed by atoms with Gasteiger partial charge in [-0.15, -0.1) is 0 Å². The molecule has 6 heteroatoms. The molecule has 17 heavy (non-hydrogen) atoms. The lowest BCUT2D eigenvalue weighted by Crippen LogP contribution is -2.32. The van der Waals surface area contributed by atoms with Gasteiger partial charge in [0, 0.05) is 31.8 Å². The zero-order valence-corrected chi connectivity index (χ0v) is 9.63. The Morgan fingerprint density at radius 3 is 2.71 bits per heavy atom. The van der Waals surface area contributed by atoms with Crippen LogP contribution in [0.1, 0.15) is 5.56 Å². The number of amides is 1. The number of nitrogens with two attached hydrogens (primary N) is 1. The number of para-hydroxylation sites is 1. The third-order valence-corrected chi connectivity index (χ3v) is 2.42. The maximum absolute atomic E-state index is 11.7. The Kier molecular flexibility index (Phi) is 4.59. The van der Waals surface area contributed by atoms with E-state index in [2.05, 4.69) is 0 Å². The summed E-state index contributed by atoms with van der Waals surface area (Å²) in [6.07, 6.45) is 0.0215. The van der Waals surface area contributed by atoms with Gasteiger partial charge in [-0.2, -0.15) is 0 Å². The first-order valence-electron chi connectivity index (χ1n) is 5.22. The summed E-state index contributed by atoms with van der Waals surface area (Å²) in [5, 5.41) is 10.8. The molecule has 1 aromatic carbocycles. The van der Waals surface area contributed by atoms with E-state index in [9.17, 15) is 14.9 Å². The zero-order valence-electron chi connectivity index (χ0n) is 9.63. The summed E-state index contributed by atoms with van der Waals surface area (Å²) in [6, 6.07) is 6.24. The van der Waals surface area contributed by atoms with Crippen LogP contribution in [-0.4, -0.2) is 35.9 Å². The number of hydrogen-bond acceptors (Lipinski definition) is 4. The second kappa shape index (κ2) is 5.95. The molecule has 1 aromatic rings. The van der Waals surface area contributed by atoms with Gasteiger partial charge in [-0.1, -0.05) is 18.2 Å². The van der Waals surface area contributed by atoms with E-state index < -0.39 is 4.92 Å². The number of nitrogens with zero attached hydrogens (tertiary/aromatic N) is 2. The molecule has 92 valence electrons. The quantitative estimate of drug-likeness (QED) is 0.598. The van der Waals surface area contributed by atoms with Crippen molar-refractivity contribution in [1.29, 1.82) is 0 Å². The highest BCUT2D eigenvalue weighted by Crippen LogP contribution is 2.18. The van der Waals surface area contributed by atoms with Gasteiger partial charge < -0.3 is 10.6 Å². The molecule has 0 saturated heterocycles. The van der Waals surface area contributed by atoms with Crippen molar-refractivity contribution in [3.63, 3.8) is 0 Å². The Morgan fingerprint density at radius 1 is 1.47 bits per heavy atom. The molecular formula is C11H15N3O3. The highest BCUT2D eigenvalue weighted by molar-refractivity contribution is 5.79. The summed E-state index contributed by atoms with van der Waals surface area (Å²) in [6.45, 7) is 0.818. The molecule has 0 unspecified atom stereocenters. The van der Waals surface area contributed by atoms with Crippen LogP contribution in [0.2, 0.25) is 0 Å². The van der Waals surface area contributed by atoms with Crippen molar-refractivity contribution in [2.24, 2.45) is 5.73 Å². The van der Waals surface area contributed by atoms with Gasteiger partial charge in [0.1, 0.15) is 0 Å². The summed E-state index contributed by atoms with van der Waals surface area (Å²) in [5.41, 5.74) is 5.73. The molecule has 0 aliphatic carbocycles. The molecule has 6 nitrogen and oxygen atoms in total. The number of benzene rings is 1. The Balaban J connectivity index is 2.81. The minimum Gasteiger partial charge on any atom is -0.344 e. The van der Waals surface area contributed by atoms with Crippen LogP contribution in [0.25, 0.3) is 0 Å². The number of hydrogen-bond donors (Lipinski definition) is 1. The van der Waals surface area contributed by atoms with Gasteiger partial charge in [0.2, 0.25) is 5.91 Å². The van der Waals surface area contributed by atoms with Crippen molar-refractivity contribution in [2.75, 3.05) is 20.1 Å². The molecule has 0 saturated carbocycles. The molecule has 0 aliphatic rings. The fraction of sp³-hybridized carbons (Fsp3) is 0.364. The van der Waals surface area contributed by atoms with Crippen molar-refractivity contribution in [2.45, 2.75) is 6.42 Å². The van der Waals surface area contributed by atoms with Crippen LogP contribution in [0, 0.1) is 10.1 Å². The van der Waals surface area contributed by atoms with E-state index in [-0.39, 0.29) is 18.0 Å². The molecule has 0 aromatic heterocycles. The maximum Gasteiger partial charge on any atom is 0.273 e. The Hall–Kier alpha value is -1.95. The first-order valence-corrected chi connectivity index (χ1v) is 5.22. The smallest absolute Gasteiger partial charge is 0.273 e. The van der Waals surface area contributed by atoms with Gasteiger partial charge in [-0.25, -0.2) is 0 Å². The summed E-state index contributed by atoms with van der Waals surface area (Å²) in [4.78, 5) is 23.5. The monoisotopic (exact) mass is 237 g/mol. The van der Waals surface area contributed by atoms with Crippen LogP contribution >= 0.6 is 0 Å². The van der Waals surface area contributed by atoms with E-state index in [4.69, 9.17) is 5.73 Å². The van der Waals surface area contributed by atoms with Crippen LogP contribution in [0.5, 0.6) is 0 Å². The Labute approximate surface area is 99.2 Å². The van der Waals surface area contributed by atoms with Gasteiger partial charge in [-0.05, 0) is 0 Å². The number of carbonyl (C=O) groups excluding carboxylic acids is 1. The van der Waals surface area contributed by atoms with Crippen molar-refractivity contribution < 1.29 is 9.72 Å².